The lowest BCUT2D eigenvalue weighted by Gasteiger charge is -2.39. The summed E-state index contributed by atoms with van der Waals surface area (Å²) >= 11 is 0.574. The number of Topliss-reactive ketones (excluding diaryl/α,β-unsaturated/α-hetero) is 1. The average Bonchev–Trinajstić information content (AvgIpc) is 3.00. The number of amides is 2. The highest BCUT2D eigenvalue weighted by Gasteiger charge is 2.45. The minimum absolute atomic E-state index is 0.201. The summed E-state index contributed by atoms with van der Waals surface area (Å²) < 4.78 is 10.8. The molecule has 2 rings (SSSR count). The van der Waals surface area contributed by atoms with Crippen molar-refractivity contribution in [2.24, 2.45) is 5.73 Å². The van der Waals surface area contributed by atoms with Crippen LogP contribution in [0, 0.1) is 0 Å². The van der Waals surface area contributed by atoms with Gasteiger partial charge in [0.15, 0.2) is 5.78 Å². The Labute approximate surface area is 264 Å². The molecule has 1 aromatic rings. The highest BCUT2D eigenvalue weighted by molar-refractivity contribution is 8.00. The van der Waals surface area contributed by atoms with Crippen molar-refractivity contribution < 1.29 is 74.0 Å². The van der Waals surface area contributed by atoms with Gasteiger partial charge in [-0.25, -0.2) is 0 Å². The van der Waals surface area contributed by atoms with E-state index in [1.54, 1.807) is 0 Å². The number of para-hydroxylation sites is 1. The van der Waals surface area contributed by atoms with Gasteiger partial charge in [0.05, 0.1) is 12.3 Å². The van der Waals surface area contributed by atoms with Crippen LogP contribution < -0.4 is 26.8 Å². The highest BCUT2D eigenvalue weighted by Crippen LogP contribution is 2.31. The molecule has 1 aliphatic rings. The summed E-state index contributed by atoms with van der Waals surface area (Å²) in [5.74, 6) is -7.49. The van der Waals surface area contributed by atoms with Gasteiger partial charge in [-0.1, -0.05) is 6.07 Å². The predicted molar refractivity (Wildman–Crippen MR) is 156 cm³/mol. The topological polar surface area (TPSA) is 339 Å². The second-order valence-electron chi connectivity index (χ2n) is 10.0. The van der Waals surface area contributed by atoms with Crippen LogP contribution in [-0.4, -0.2) is 138 Å². The van der Waals surface area contributed by atoms with Gasteiger partial charge in [0.1, 0.15) is 54.0 Å². The normalized spacial score (nSPS) is 22.9. The van der Waals surface area contributed by atoms with Gasteiger partial charge >= 0.3 is 17.9 Å². The number of anilines is 1. The lowest BCUT2D eigenvalue weighted by atomic mass is 9.99. The zero-order chi connectivity index (χ0) is 34.7. The van der Waals surface area contributed by atoms with Gasteiger partial charge in [0, 0.05) is 24.2 Å². The summed E-state index contributed by atoms with van der Waals surface area (Å²) in [5, 5.41) is 69.9. The SMILES string of the molecule is Nc1c(O[C@@H]2O[C@H](CO)[C@@H](O)[C@H](O)[C@H]2O)cccc1C(=O)CC(SCC(NC(=O)CC[C@H](N)C(=O)O)C(=O)NCC(=O)O)C(=O)O. The quantitative estimate of drug-likeness (QED) is 0.0522. The Morgan fingerprint density at radius 2 is 1.67 bits per heavy atom. The lowest BCUT2D eigenvalue weighted by molar-refractivity contribution is -0.277. The Hall–Kier alpha value is -4.05. The molecule has 1 aliphatic heterocycles. The summed E-state index contributed by atoms with van der Waals surface area (Å²) in [5.41, 5.74) is 11.0. The first-order valence-electron chi connectivity index (χ1n) is 13.6. The maximum Gasteiger partial charge on any atom is 0.322 e. The molecule has 0 aromatic heterocycles. The number of ether oxygens (including phenoxy) is 2. The van der Waals surface area contributed by atoms with E-state index in [1.807, 2.05) is 0 Å². The van der Waals surface area contributed by atoms with E-state index >= 15 is 0 Å². The number of carboxylic acid groups (broad SMARTS) is 3. The maximum atomic E-state index is 13.1. The van der Waals surface area contributed by atoms with Crippen LogP contribution >= 0.6 is 11.8 Å². The van der Waals surface area contributed by atoms with Crippen molar-refractivity contribution in [1.82, 2.24) is 10.6 Å². The summed E-state index contributed by atoms with van der Waals surface area (Å²) in [6, 6.07) is 1.01. The molecule has 1 fully saturated rings. The van der Waals surface area contributed by atoms with Crippen LogP contribution in [0.4, 0.5) is 5.69 Å². The lowest BCUT2D eigenvalue weighted by Crippen LogP contribution is -2.60. The standard InChI is InChI=1S/C26H36N4O15S/c27-11(24(40)41)4-5-17(33)30-12(23(39)29-7-18(34)35)9-46-16(25(42)43)6-13(32)10-2-1-3-14(19(10)28)44-26-22(38)21(37)20(36)15(8-31)45-26/h1-3,11-12,15-16,20-22,26,31,36-38H,4-9,27-28H2,(H,29,39)(H,30,33)(H,34,35)(H,40,41)(H,42,43)/t11-,12?,15+,16?,20+,21-,22+,26+/m0/s1. The van der Waals surface area contributed by atoms with E-state index in [2.05, 4.69) is 10.6 Å². The van der Waals surface area contributed by atoms with Crippen LogP contribution in [0.3, 0.4) is 0 Å². The molecule has 0 spiro atoms. The van der Waals surface area contributed by atoms with Gasteiger partial charge < -0.3 is 67.3 Å². The number of carbonyl (C=O) groups excluding carboxylic acids is 3. The number of carboxylic acids is 3. The van der Waals surface area contributed by atoms with Crippen LogP contribution in [0.2, 0.25) is 0 Å². The molecule has 2 amide bonds. The number of aliphatic hydroxyl groups excluding tert-OH is 4. The predicted octanol–water partition coefficient (Wildman–Crippen LogP) is -3.92. The largest absolute Gasteiger partial charge is 0.480 e. The zero-order valence-corrected chi connectivity index (χ0v) is 24.9. The van der Waals surface area contributed by atoms with E-state index in [9.17, 15) is 54.3 Å². The molecule has 1 aromatic carbocycles. The molecule has 0 radical (unpaired) electrons. The van der Waals surface area contributed by atoms with E-state index in [4.69, 9.17) is 31.2 Å². The van der Waals surface area contributed by atoms with Crippen molar-refractivity contribution in [3.63, 3.8) is 0 Å². The molecule has 19 nitrogen and oxygen atoms in total. The average molecular weight is 677 g/mol. The smallest absolute Gasteiger partial charge is 0.322 e. The molecule has 1 saturated heterocycles. The monoisotopic (exact) mass is 676 g/mol. The molecule has 8 atom stereocenters. The molecule has 0 saturated carbocycles. The van der Waals surface area contributed by atoms with E-state index in [0.717, 1.165) is 0 Å². The van der Waals surface area contributed by atoms with Crippen molar-refractivity contribution in [2.75, 3.05) is 24.6 Å². The number of ketones is 1. The van der Waals surface area contributed by atoms with E-state index < -0.39 is 115 Å². The molecule has 256 valence electrons. The summed E-state index contributed by atoms with van der Waals surface area (Å²) in [4.78, 5) is 71.8. The number of carbonyl (C=O) groups is 6. The second kappa shape index (κ2) is 17.6. The Balaban J connectivity index is 2.15. The van der Waals surface area contributed by atoms with Crippen LogP contribution in [0.25, 0.3) is 0 Å². The molecular weight excluding hydrogens is 640 g/mol. The van der Waals surface area contributed by atoms with Gasteiger partial charge in [-0.2, -0.15) is 0 Å². The fraction of sp³-hybridized carbons (Fsp3) is 0.538. The summed E-state index contributed by atoms with van der Waals surface area (Å²) in [7, 11) is 0. The van der Waals surface area contributed by atoms with Crippen molar-refractivity contribution in [1.29, 1.82) is 0 Å². The van der Waals surface area contributed by atoms with Gasteiger partial charge in [-0.3, -0.25) is 28.8 Å². The summed E-state index contributed by atoms with van der Waals surface area (Å²) in [6.45, 7) is -1.54. The number of nitrogen functional groups attached to an aromatic ring is 1. The number of nitrogens with one attached hydrogen (secondary N) is 2. The van der Waals surface area contributed by atoms with Gasteiger partial charge in [0.2, 0.25) is 18.1 Å². The molecule has 20 heteroatoms. The number of benzene rings is 1. The third-order valence-corrected chi connectivity index (χ3v) is 7.93. The second-order valence-corrected chi connectivity index (χ2v) is 11.3. The Kier molecular flexibility index (Phi) is 14.6. The minimum Gasteiger partial charge on any atom is -0.480 e. The van der Waals surface area contributed by atoms with Crippen molar-refractivity contribution in [3.05, 3.63) is 23.8 Å². The van der Waals surface area contributed by atoms with E-state index in [-0.39, 0.29) is 23.4 Å². The first-order chi connectivity index (χ1) is 21.6. The van der Waals surface area contributed by atoms with Crippen LogP contribution in [0.1, 0.15) is 29.6 Å². The summed E-state index contributed by atoms with van der Waals surface area (Å²) in [6.07, 6.45) is -9.47. The van der Waals surface area contributed by atoms with Crippen molar-refractivity contribution in [3.8, 4) is 5.75 Å². The molecule has 46 heavy (non-hydrogen) atoms. The number of hydrogen-bond donors (Lipinski definition) is 11. The van der Waals surface area contributed by atoms with Gasteiger partial charge in [0.25, 0.3) is 0 Å². The molecule has 2 unspecified atom stereocenters. The third-order valence-electron chi connectivity index (χ3n) is 6.63. The van der Waals surface area contributed by atoms with E-state index in [1.165, 1.54) is 18.2 Å². The molecule has 1 heterocycles. The zero-order valence-electron chi connectivity index (χ0n) is 24.1. The van der Waals surface area contributed by atoms with Crippen LogP contribution in [0.5, 0.6) is 5.75 Å². The number of hydrogen-bond acceptors (Lipinski definition) is 15. The number of aliphatic carboxylic acids is 3. The van der Waals surface area contributed by atoms with Crippen molar-refractivity contribution >= 4 is 53.0 Å². The van der Waals surface area contributed by atoms with Gasteiger partial charge in [-0.05, 0) is 18.6 Å². The van der Waals surface area contributed by atoms with Crippen LogP contribution in [0.15, 0.2) is 18.2 Å². The number of aliphatic hydroxyl groups is 4. The fourth-order valence-corrected chi connectivity index (χ4v) is 5.10. The van der Waals surface area contributed by atoms with Crippen molar-refractivity contribution in [2.45, 2.75) is 67.3 Å². The number of rotatable bonds is 18. The molecular formula is C26H36N4O15S. The number of thioether (sulfide) groups is 1. The molecule has 13 N–H and O–H groups in total. The Morgan fingerprint density at radius 1 is 1.00 bits per heavy atom. The Morgan fingerprint density at radius 3 is 2.26 bits per heavy atom. The maximum absolute atomic E-state index is 13.1. The van der Waals surface area contributed by atoms with Gasteiger partial charge in [-0.15, -0.1) is 11.8 Å². The number of nitrogens with two attached hydrogens (primary N) is 2. The van der Waals surface area contributed by atoms with Crippen LogP contribution in [-0.2, 0) is 28.7 Å². The highest BCUT2D eigenvalue weighted by atomic mass is 32.2. The minimum atomic E-state index is -1.78. The Bertz CT molecular complexity index is 1280. The van der Waals surface area contributed by atoms with E-state index in [0.29, 0.717) is 11.8 Å². The first kappa shape index (κ1) is 38.1. The molecule has 0 aliphatic carbocycles. The molecule has 0 bridgehead atoms. The first-order valence-corrected chi connectivity index (χ1v) is 14.6. The third kappa shape index (κ3) is 10.8. The fourth-order valence-electron chi connectivity index (χ4n) is 4.03.